The minimum absolute atomic E-state index is 0.158. The van der Waals surface area contributed by atoms with Crippen LogP contribution in [-0.2, 0) is 9.84 Å². The first-order valence-corrected chi connectivity index (χ1v) is 7.65. The van der Waals surface area contributed by atoms with Crippen LogP contribution < -0.4 is 5.32 Å². The molecule has 0 saturated heterocycles. The van der Waals surface area contributed by atoms with E-state index in [-0.39, 0.29) is 12.3 Å². The molecule has 1 rings (SSSR count). The summed E-state index contributed by atoms with van der Waals surface area (Å²) >= 11 is 0. The number of carbonyl (C=O) groups excluding carboxylic acids is 1. The summed E-state index contributed by atoms with van der Waals surface area (Å²) in [6, 6.07) is 2.51. The lowest BCUT2D eigenvalue weighted by Gasteiger charge is -2.19. The molecule has 0 aliphatic rings. The van der Waals surface area contributed by atoms with Gasteiger partial charge in [0.2, 0.25) is 0 Å². The lowest BCUT2D eigenvalue weighted by atomic mass is 10.2. The summed E-state index contributed by atoms with van der Waals surface area (Å²) in [5.74, 6) is -2.70. The average Bonchev–Trinajstić information content (AvgIpc) is 2.30. The molecule has 0 aliphatic carbocycles. The number of hydrogen-bond donors (Lipinski definition) is 1. The summed E-state index contributed by atoms with van der Waals surface area (Å²) in [4.78, 5) is 11.6. The van der Waals surface area contributed by atoms with Crippen LogP contribution in [0.15, 0.2) is 18.2 Å². The van der Waals surface area contributed by atoms with Gasteiger partial charge in [-0.15, -0.1) is 0 Å². The molecule has 0 atom stereocenters. The van der Waals surface area contributed by atoms with Crippen molar-refractivity contribution in [1.82, 2.24) is 5.32 Å². The number of hydrogen-bond acceptors (Lipinski definition) is 3. The SMILES string of the molecule is CC(C)(C)S(=O)(=O)CCNC(=O)c1cc(F)ccc1F. The Hall–Kier alpha value is -1.50. The van der Waals surface area contributed by atoms with Gasteiger partial charge in [0.25, 0.3) is 5.91 Å². The Balaban J connectivity index is 2.68. The number of nitrogens with one attached hydrogen (secondary N) is 1. The Morgan fingerprint density at radius 2 is 1.85 bits per heavy atom. The van der Waals surface area contributed by atoms with Crippen LogP contribution in [0.1, 0.15) is 31.1 Å². The van der Waals surface area contributed by atoms with Crippen molar-refractivity contribution in [3.63, 3.8) is 0 Å². The second-order valence-corrected chi connectivity index (χ2v) is 8.17. The van der Waals surface area contributed by atoms with Crippen molar-refractivity contribution < 1.29 is 22.0 Å². The standard InChI is InChI=1S/C13H17F2NO3S/c1-13(2,3)20(18,19)7-6-16-12(17)10-8-9(14)4-5-11(10)15/h4-5,8H,6-7H2,1-3H3,(H,16,17). The van der Waals surface area contributed by atoms with E-state index in [0.717, 1.165) is 18.2 Å². The highest BCUT2D eigenvalue weighted by Gasteiger charge is 2.28. The van der Waals surface area contributed by atoms with Gasteiger partial charge in [-0.25, -0.2) is 17.2 Å². The van der Waals surface area contributed by atoms with Crippen LogP contribution >= 0.6 is 0 Å². The molecule has 1 aromatic rings. The summed E-state index contributed by atoms with van der Waals surface area (Å²) in [6.45, 7) is 4.50. The first-order valence-electron chi connectivity index (χ1n) is 6.00. The number of halogens is 2. The molecule has 0 aliphatic heterocycles. The van der Waals surface area contributed by atoms with Crippen molar-refractivity contribution in [2.45, 2.75) is 25.5 Å². The molecule has 1 N–H and O–H groups in total. The maximum Gasteiger partial charge on any atom is 0.254 e. The second-order valence-electron chi connectivity index (χ2n) is 5.31. The molecule has 112 valence electrons. The van der Waals surface area contributed by atoms with Crippen molar-refractivity contribution in [2.75, 3.05) is 12.3 Å². The Labute approximate surface area is 117 Å². The summed E-state index contributed by atoms with van der Waals surface area (Å²) in [7, 11) is -3.38. The second kappa shape index (κ2) is 5.87. The maximum atomic E-state index is 13.3. The van der Waals surface area contributed by atoms with E-state index in [1.165, 1.54) is 0 Å². The van der Waals surface area contributed by atoms with E-state index in [0.29, 0.717) is 0 Å². The van der Waals surface area contributed by atoms with Gasteiger partial charge in [-0.1, -0.05) is 0 Å². The third kappa shape index (κ3) is 4.00. The fraction of sp³-hybridized carbons (Fsp3) is 0.462. The third-order valence-electron chi connectivity index (χ3n) is 2.76. The summed E-state index contributed by atoms with van der Waals surface area (Å²) in [6.07, 6.45) is 0. The van der Waals surface area contributed by atoms with Crippen LogP contribution in [-0.4, -0.2) is 31.4 Å². The molecule has 0 fully saturated rings. The summed E-state index contributed by atoms with van der Waals surface area (Å²) in [5.41, 5.74) is -0.446. The van der Waals surface area contributed by atoms with E-state index in [1.54, 1.807) is 20.8 Å². The van der Waals surface area contributed by atoms with Crippen LogP contribution in [0, 0.1) is 11.6 Å². The molecule has 0 spiro atoms. The highest BCUT2D eigenvalue weighted by Crippen LogP contribution is 2.15. The van der Waals surface area contributed by atoms with Crippen molar-refractivity contribution in [3.8, 4) is 0 Å². The normalized spacial score (nSPS) is 12.2. The topological polar surface area (TPSA) is 63.2 Å². The van der Waals surface area contributed by atoms with Crippen LogP contribution in [0.2, 0.25) is 0 Å². The van der Waals surface area contributed by atoms with Crippen LogP contribution in [0.5, 0.6) is 0 Å². The largest absolute Gasteiger partial charge is 0.351 e. The minimum atomic E-state index is -3.38. The van der Waals surface area contributed by atoms with Crippen molar-refractivity contribution in [3.05, 3.63) is 35.4 Å². The van der Waals surface area contributed by atoms with Gasteiger partial charge in [-0.3, -0.25) is 4.79 Å². The fourth-order valence-corrected chi connectivity index (χ4v) is 2.36. The average molecular weight is 305 g/mol. The quantitative estimate of drug-likeness (QED) is 0.924. The Morgan fingerprint density at radius 1 is 1.25 bits per heavy atom. The molecular weight excluding hydrogens is 288 g/mol. The molecule has 0 radical (unpaired) electrons. The van der Waals surface area contributed by atoms with Crippen molar-refractivity contribution in [2.24, 2.45) is 0 Å². The van der Waals surface area contributed by atoms with E-state index in [1.807, 2.05) is 0 Å². The number of amides is 1. The van der Waals surface area contributed by atoms with E-state index >= 15 is 0 Å². The van der Waals surface area contributed by atoms with Gasteiger partial charge in [0.15, 0.2) is 9.84 Å². The Kier molecular flexibility index (Phi) is 4.86. The van der Waals surface area contributed by atoms with E-state index in [4.69, 9.17) is 0 Å². The summed E-state index contributed by atoms with van der Waals surface area (Å²) in [5, 5.41) is 2.27. The molecule has 1 amide bonds. The molecule has 7 heteroatoms. The molecule has 0 heterocycles. The van der Waals surface area contributed by atoms with Gasteiger partial charge in [-0.2, -0.15) is 0 Å². The fourth-order valence-electron chi connectivity index (χ4n) is 1.37. The predicted octanol–water partition coefficient (Wildman–Crippen LogP) is 1.91. The van der Waals surface area contributed by atoms with Crippen LogP contribution in [0.25, 0.3) is 0 Å². The zero-order chi connectivity index (χ0) is 15.6. The van der Waals surface area contributed by atoms with Gasteiger partial charge >= 0.3 is 0 Å². The molecule has 4 nitrogen and oxygen atoms in total. The van der Waals surface area contributed by atoms with Gasteiger partial charge < -0.3 is 5.32 Å². The number of rotatable bonds is 4. The minimum Gasteiger partial charge on any atom is -0.351 e. The van der Waals surface area contributed by atoms with Crippen molar-refractivity contribution in [1.29, 1.82) is 0 Å². The Bertz CT molecular complexity index is 607. The smallest absolute Gasteiger partial charge is 0.254 e. The lowest BCUT2D eigenvalue weighted by Crippen LogP contribution is -2.36. The van der Waals surface area contributed by atoms with Crippen molar-refractivity contribution >= 4 is 15.7 Å². The van der Waals surface area contributed by atoms with E-state index in [2.05, 4.69) is 5.32 Å². The molecule has 0 aromatic heterocycles. The highest BCUT2D eigenvalue weighted by atomic mass is 32.2. The predicted molar refractivity (Wildman–Crippen MR) is 72.2 cm³/mol. The van der Waals surface area contributed by atoms with E-state index in [9.17, 15) is 22.0 Å². The zero-order valence-corrected chi connectivity index (χ0v) is 12.4. The molecule has 0 bridgehead atoms. The lowest BCUT2D eigenvalue weighted by molar-refractivity contribution is 0.0951. The molecule has 20 heavy (non-hydrogen) atoms. The number of benzene rings is 1. The molecular formula is C13H17F2NO3S. The van der Waals surface area contributed by atoms with Crippen LogP contribution in [0.4, 0.5) is 8.78 Å². The third-order valence-corrected chi connectivity index (χ3v) is 5.37. The van der Waals surface area contributed by atoms with Gasteiger partial charge in [0.1, 0.15) is 11.6 Å². The van der Waals surface area contributed by atoms with Crippen LogP contribution in [0.3, 0.4) is 0 Å². The Morgan fingerprint density at radius 3 is 2.40 bits per heavy atom. The number of carbonyl (C=O) groups is 1. The first-order chi connectivity index (χ1) is 9.04. The van der Waals surface area contributed by atoms with Gasteiger partial charge in [-0.05, 0) is 39.0 Å². The monoisotopic (exact) mass is 305 g/mol. The molecule has 0 saturated carbocycles. The maximum absolute atomic E-state index is 13.3. The van der Waals surface area contributed by atoms with E-state index < -0.39 is 37.7 Å². The number of sulfone groups is 1. The summed E-state index contributed by atoms with van der Waals surface area (Å²) < 4.78 is 48.9. The molecule has 0 unspecified atom stereocenters. The van der Waals surface area contributed by atoms with Gasteiger partial charge in [0.05, 0.1) is 16.1 Å². The first kappa shape index (κ1) is 16.6. The highest BCUT2D eigenvalue weighted by molar-refractivity contribution is 7.92. The molecule has 1 aromatic carbocycles. The van der Waals surface area contributed by atoms with Gasteiger partial charge in [0, 0.05) is 6.54 Å². The zero-order valence-electron chi connectivity index (χ0n) is 11.5.